The van der Waals surface area contributed by atoms with Crippen LogP contribution in [0, 0.1) is 0 Å². The van der Waals surface area contributed by atoms with E-state index in [2.05, 4.69) is 104 Å². The van der Waals surface area contributed by atoms with E-state index in [4.69, 9.17) is 0 Å². The largest absolute Gasteiger partial charge is 0.374 e. The van der Waals surface area contributed by atoms with Crippen LogP contribution in [0.15, 0.2) is 24.4 Å². The Balaban J connectivity index is 0. The summed E-state index contributed by atoms with van der Waals surface area (Å²) < 4.78 is 0. The van der Waals surface area contributed by atoms with Gasteiger partial charge in [-0.2, -0.15) is 0 Å². The third-order valence-corrected chi connectivity index (χ3v) is 16.2. The molecule has 1 aliphatic rings. The van der Waals surface area contributed by atoms with Crippen molar-refractivity contribution in [2.24, 2.45) is 0 Å². The fraction of sp³-hybridized carbons (Fsp3) is 0.915. The van der Waals surface area contributed by atoms with Gasteiger partial charge in [0.05, 0.1) is 6.54 Å². The van der Waals surface area contributed by atoms with Crippen molar-refractivity contribution in [3.63, 3.8) is 0 Å². The maximum atomic E-state index is 13.4. The zero-order chi connectivity index (χ0) is 57.5. The van der Waals surface area contributed by atoms with Crippen LogP contribution in [0.25, 0.3) is 0 Å². The Morgan fingerprint density at radius 3 is 1.06 bits per heavy atom. The van der Waals surface area contributed by atoms with Crippen LogP contribution in [0.5, 0.6) is 0 Å². The van der Waals surface area contributed by atoms with Gasteiger partial charge in [-0.1, -0.05) is 279 Å². The normalized spacial score (nSPS) is 12.9. The molecule has 1 heterocycles. The van der Waals surface area contributed by atoms with Gasteiger partial charge in [0.1, 0.15) is 5.78 Å². The summed E-state index contributed by atoms with van der Waals surface area (Å²) in [7, 11) is 0. The van der Waals surface area contributed by atoms with E-state index < -0.39 is 0 Å². The molecular weight excluding hydrogens is 955 g/mol. The first kappa shape index (κ1) is 78.4. The number of carbonyl (C=O) groups excluding carboxylic acids is 2. The van der Waals surface area contributed by atoms with E-state index >= 15 is 0 Å². The van der Waals surface area contributed by atoms with E-state index in [1.165, 1.54) is 296 Å². The van der Waals surface area contributed by atoms with Gasteiger partial charge in [0.25, 0.3) is 0 Å². The number of Topliss-reactive ketones (excluding diaryl/α,β-unsaturated/α-hetero) is 1. The lowest BCUT2D eigenvalue weighted by atomic mass is 10.1. The van der Waals surface area contributed by atoms with Crippen LogP contribution in [0.1, 0.15) is 338 Å². The number of ketones is 1. The number of allylic oxidation sites excluding steroid dienone is 3. The number of rotatable bonds is 56. The number of unbranched alkanes of at least 4 members (excludes halogenated alkanes) is 35. The monoisotopic (exact) mass is 1100 g/mol. The Bertz CT molecular complexity index is 1210. The summed E-state index contributed by atoms with van der Waals surface area (Å²) in [5.41, 5.74) is 0. The first-order chi connectivity index (χ1) is 38.3. The second kappa shape index (κ2) is 66.1. The van der Waals surface area contributed by atoms with E-state index in [0.717, 1.165) is 58.7 Å². The molecule has 0 aromatic heterocycles. The minimum atomic E-state index is 0.337. The van der Waals surface area contributed by atoms with Gasteiger partial charge in [-0.05, 0) is 117 Å². The standard InChI is InChI=1S/C38H76N4O.C22H45N.C11H22O/c1-5-9-12-15-18-21-24-28-40(29-25-22-19-16-13-10-6-2)31-32-41(30-26-23-20-17-14-11-7-3)37-38(43)42-35-33-39(27-8-4)34-36-42;1-4-7-9-11-12-13-14-15-16-17-18-20-22-23(6-3)21-19-10-8-5-2;1-3-4-5-6-7-8-9-10-11(2)12/h8,27H,5-7,9-26,28-37H2,1-4H3;11-12H,4-10,13-22H2,1-3H3;3-10H2,1-2H3/b27-8-;12-11-;. The van der Waals surface area contributed by atoms with Gasteiger partial charge >= 0.3 is 0 Å². The summed E-state index contributed by atoms with van der Waals surface area (Å²) in [6.07, 6.45) is 66.8. The lowest BCUT2D eigenvalue weighted by Crippen LogP contribution is -2.50. The van der Waals surface area contributed by atoms with E-state index in [0.29, 0.717) is 18.2 Å². The number of hydrogen-bond donors (Lipinski definition) is 0. The number of amides is 1. The highest BCUT2D eigenvalue weighted by Crippen LogP contribution is 2.15. The number of piperazine rings is 1. The van der Waals surface area contributed by atoms with E-state index in [9.17, 15) is 9.59 Å². The highest BCUT2D eigenvalue weighted by Gasteiger charge is 2.22. The average Bonchev–Trinajstić information content (AvgIpc) is 3.44. The van der Waals surface area contributed by atoms with Crippen molar-refractivity contribution in [3.8, 4) is 0 Å². The minimum Gasteiger partial charge on any atom is -0.374 e. The van der Waals surface area contributed by atoms with E-state index in [1.807, 2.05) is 0 Å². The van der Waals surface area contributed by atoms with Crippen LogP contribution in [0.4, 0.5) is 0 Å². The Labute approximate surface area is 491 Å². The SMILES string of the molecule is C/C=C\N1CCN(C(=O)CN(CCCCCCCCC)CCN(CCCCCCCCC)CCCCCCCCC)CC1.CCCC/C=C\CCCCCCCCN(CC)CCCCCC.CCCCCCCCCC(C)=O. The summed E-state index contributed by atoms with van der Waals surface area (Å²) in [4.78, 5) is 36.3. The molecule has 1 rings (SSSR count). The van der Waals surface area contributed by atoms with Crippen molar-refractivity contribution in [2.45, 2.75) is 338 Å². The van der Waals surface area contributed by atoms with Crippen LogP contribution in [0.3, 0.4) is 0 Å². The molecule has 0 bridgehead atoms. The van der Waals surface area contributed by atoms with Crippen molar-refractivity contribution in [3.05, 3.63) is 24.4 Å². The third-order valence-electron chi connectivity index (χ3n) is 16.2. The van der Waals surface area contributed by atoms with Crippen LogP contribution in [-0.4, -0.2) is 121 Å². The molecule has 0 aromatic rings. The van der Waals surface area contributed by atoms with Crippen LogP contribution in [-0.2, 0) is 9.59 Å². The summed E-state index contributed by atoms with van der Waals surface area (Å²) >= 11 is 0. The molecule has 0 aromatic carbocycles. The molecule has 1 aliphatic heterocycles. The third kappa shape index (κ3) is 58.9. The summed E-state index contributed by atoms with van der Waals surface area (Å²) in [6.45, 7) is 33.5. The first-order valence-corrected chi connectivity index (χ1v) is 35.2. The number of carbonyl (C=O) groups is 2. The smallest absolute Gasteiger partial charge is 0.236 e. The maximum absolute atomic E-state index is 13.4. The van der Waals surface area contributed by atoms with Gasteiger partial charge in [0.2, 0.25) is 5.91 Å². The Kier molecular flexibility index (Phi) is 66.4. The second-order valence-electron chi connectivity index (χ2n) is 24.0. The van der Waals surface area contributed by atoms with Crippen molar-refractivity contribution in [2.75, 3.05) is 85.1 Å². The molecule has 0 aliphatic carbocycles. The van der Waals surface area contributed by atoms with Gasteiger partial charge in [0.15, 0.2) is 0 Å². The zero-order valence-electron chi connectivity index (χ0n) is 55.0. The topological polar surface area (TPSA) is 50.3 Å². The van der Waals surface area contributed by atoms with Crippen molar-refractivity contribution < 1.29 is 9.59 Å². The zero-order valence-corrected chi connectivity index (χ0v) is 55.0. The molecule has 78 heavy (non-hydrogen) atoms. The molecule has 1 saturated heterocycles. The fourth-order valence-electron chi connectivity index (χ4n) is 10.8. The molecule has 0 spiro atoms. The van der Waals surface area contributed by atoms with E-state index in [-0.39, 0.29) is 0 Å². The summed E-state index contributed by atoms with van der Waals surface area (Å²) in [5, 5.41) is 0. The number of hydrogen-bond acceptors (Lipinski definition) is 6. The molecule has 0 radical (unpaired) electrons. The van der Waals surface area contributed by atoms with Gasteiger partial charge in [0, 0.05) is 45.7 Å². The highest BCUT2D eigenvalue weighted by atomic mass is 16.2. The minimum absolute atomic E-state index is 0.337. The Morgan fingerprint density at radius 2 is 0.679 bits per heavy atom. The highest BCUT2D eigenvalue weighted by molar-refractivity contribution is 5.78. The summed E-state index contributed by atoms with van der Waals surface area (Å²) in [6, 6.07) is 0. The van der Waals surface area contributed by atoms with Crippen molar-refractivity contribution in [1.82, 2.24) is 24.5 Å². The van der Waals surface area contributed by atoms with Crippen LogP contribution >= 0.6 is 0 Å². The molecule has 0 saturated carbocycles. The average molecular weight is 1100 g/mol. The number of nitrogens with zero attached hydrogens (tertiary/aromatic N) is 5. The lowest BCUT2D eigenvalue weighted by Gasteiger charge is -2.35. The Hall–Kier alpha value is -1.70. The van der Waals surface area contributed by atoms with Crippen LogP contribution in [0.2, 0.25) is 0 Å². The molecule has 7 heteroatoms. The molecule has 0 atom stereocenters. The van der Waals surface area contributed by atoms with Gasteiger partial charge in [-0.25, -0.2) is 0 Å². The quantitative estimate of drug-likeness (QED) is 0.0447. The molecule has 1 amide bonds. The first-order valence-electron chi connectivity index (χ1n) is 35.2. The second-order valence-corrected chi connectivity index (χ2v) is 24.0. The fourth-order valence-corrected chi connectivity index (χ4v) is 10.8. The van der Waals surface area contributed by atoms with Crippen molar-refractivity contribution in [1.29, 1.82) is 0 Å². The van der Waals surface area contributed by atoms with Gasteiger partial charge in [-0.3, -0.25) is 9.69 Å². The predicted molar refractivity (Wildman–Crippen MR) is 350 cm³/mol. The van der Waals surface area contributed by atoms with Crippen molar-refractivity contribution >= 4 is 11.7 Å². The Morgan fingerprint density at radius 1 is 0.359 bits per heavy atom. The summed E-state index contributed by atoms with van der Waals surface area (Å²) in [5.74, 6) is 0.678. The predicted octanol–water partition coefficient (Wildman–Crippen LogP) is 20.6. The van der Waals surface area contributed by atoms with E-state index in [1.54, 1.807) is 6.92 Å². The van der Waals surface area contributed by atoms with Gasteiger partial charge in [-0.15, -0.1) is 0 Å². The molecule has 0 unspecified atom stereocenters. The lowest BCUT2D eigenvalue weighted by molar-refractivity contribution is -0.134. The molecule has 0 N–H and O–H groups in total. The molecular formula is C71H143N5O2. The molecule has 464 valence electrons. The maximum Gasteiger partial charge on any atom is 0.236 e. The molecule has 1 fully saturated rings. The van der Waals surface area contributed by atoms with Crippen LogP contribution < -0.4 is 0 Å². The van der Waals surface area contributed by atoms with Gasteiger partial charge < -0.3 is 24.4 Å². The molecule has 7 nitrogen and oxygen atoms in total.